The van der Waals surface area contributed by atoms with Gasteiger partial charge < -0.3 is 9.84 Å². The van der Waals surface area contributed by atoms with Gasteiger partial charge in [-0.1, -0.05) is 0 Å². The molecular formula is C14H20N4O5. The highest BCUT2D eigenvalue weighted by Gasteiger charge is 2.32. The van der Waals surface area contributed by atoms with E-state index < -0.39 is 23.4 Å². The third-order valence-electron chi connectivity index (χ3n) is 2.13. The van der Waals surface area contributed by atoms with Crippen LogP contribution in [0.2, 0.25) is 0 Å². The van der Waals surface area contributed by atoms with Gasteiger partial charge in [0.2, 0.25) is 5.82 Å². The van der Waals surface area contributed by atoms with Crippen LogP contribution in [0.3, 0.4) is 0 Å². The Hall–Kier alpha value is -2.60. The number of carbonyl (C=O) groups is 2. The number of hydroxylamine groups is 1. The summed E-state index contributed by atoms with van der Waals surface area (Å²) in [5.74, 6) is -0.251. The zero-order valence-corrected chi connectivity index (χ0v) is 13.9. The van der Waals surface area contributed by atoms with Gasteiger partial charge in [-0.05, 0) is 41.5 Å². The maximum Gasteiger partial charge on any atom is 0.440 e. The number of amides is 1. The highest BCUT2D eigenvalue weighted by Crippen LogP contribution is 2.24. The number of rotatable bonds is 2. The van der Waals surface area contributed by atoms with Crippen molar-refractivity contribution in [3.63, 3.8) is 0 Å². The number of hydrogen-bond acceptors (Lipinski definition) is 6. The molecule has 1 rings (SSSR count). The Kier molecular flexibility index (Phi) is 5.02. The van der Waals surface area contributed by atoms with E-state index in [0.717, 1.165) is 6.20 Å². The van der Waals surface area contributed by atoms with Crippen molar-refractivity contribution >= 4 is 18.0 Å². The van der Waals surface area contributed by atoms with Crippen LogP contribution in [0.1, 0.15) is 47.1 Å². The molecule has 0 saturated heterocycles. The number of anilines is 1. The molecule has 1 N–H and O–H groups in total. The van der Waals surface area contributed by atoms with Gasteiger partial charge >= 0.3 is 12.2 Å². The zero-order valence-electron chi connectivity index (χ0n) is 13.9. The highest BCUT2D eigenvalue weighted by molar-refractivity contribution is 5.86. The quantitative estimate of drug-likeness (QED) is 0.831. The average molecular weight is 324 g/mol. The van der Waals surface area contributed by atoms with Gasteiger partial charge in [0.15, 0.2) is 0 Å². The molecule has 1 heterocycles. The Morgan fingerprint density at radius 2 is 1.83 bits per heavy atom. The summed E-state index contributed by atoms with van der Waals surface area (Å²) in [5.41, 5.74) is -1.75. The van der Waals surface area contributed by atoms with Gasteiger partial charge in [-0.3, -0.25) is 4.84 Å². The maximum atomic E-state index is 12.4. The maximum absolute atomic E-state index is 12.4. The first-order chi connectivity index (χ1) is 10.3. The Bertz CT molecular complexity index is 646. The normalized spacial score (nSPS) is 11.7. The van der Waals surface area contributed by atoms with Crippen LogP contribution in [0, 0.1) is 11.3 Å². The number of ether oxygens (including phenoxy) is 1. The van der Waals surface area contributed by atoms with Crippen molar-refractivity contribution in [1.29, 1.82) is 5.26 Å². The first kappa shape index (κ1) is 18.4. The Balaban J connectivity index is 3.32. The second kappa shape index (κ2) is 6.26. The van der Waals surface area contributed by atoms with Crippen LogP contribution in [0.15, 0.2) is 6.20 Å². The number of carbonyl (C=O) groups excluding carboxylic acids is 1. The summed E-state index contributed by atoms with van der Waals surface area (Å²) in [6.45, 7) is 10.1. The average Bonchev–Trinajstić information content (AvgIpc) is 2.76. The summed E-state index contributed by atoms with van der Waals surface area (Å²) in [6.07, 6.45) is -1.31. The molecule has 0 aliphatic rings. The number of nitriles is 1. The van der Waals surface area contributed by atoms with Crippen molar-refractivity contribution in [1.82, 2.24) is 9.78 Å². The number of aromatic nitrogens is 2. The van der Waals surface area contributed by atoms with Crippen molar-refractivity contribution in [2.24, 2.45) is 0 Å². The van der Waals surface area contributed by atoms with Crippen molar-refractivity contribution < 1.29 is 24.3 Å². The molecule has 0 aromatic carbocycles. The number of carboxylic acid groups (broad SMARTS) is 1. The van der Waals surface area contributed by atoms with Gasteiger partial charge in [0, 0.05) is 0 Å². The van der Waals surface area contributed by atoms with Gasteiger partial charge in [-0.25, -0.2) is 9.59 Å². The lowest BCUT2D eigenvalue weighted by Crippen LogP contribution is -2.42. The first-order valence-corrected chi connectivity index (χ1v) is 6.79. The van der Waals surface area contributed by atoms with E-state index in [9.17, 15) is 9.59 Å². The minimum Gasteiger partial charge on any atom is -0.463 e. The molecule has 0 bridgehead atoms. The first-order valence-electron chi connectivity index (χ1n) is 6.79. The molecule has 126 valence electrons. The van der Waals surface area contributed by atoms with Crippen molar-refractivity contribution in [2.45, 2.75) is 52.7 Å². The minimum absolute atomic E-state index is 0.137. The van der Waals surface area contributed by atoms with Crippen LogP contribution in [0.25, 0.3) is 0 Å². The molecule has 9 heteroatoms. The van der Waals surface area contributed by atoms with E-state index in [1.807, 2.05) is 0 Å². The molecule has 1 aromatic rings. The summed E-state index contributed by atoms with van der Waals surface area (Å²) in [7, 11) is 0. The second-order valence-corrected chi connectivity index (χ2v) is 6.68. The lowest BCUT2D eigenvalue weighted by atomic mass is 10.2. The van der Waals surface area contributed by atoms with Crippen LogP contribution in [0.5, 0.6) is 0 Å². The number of hydrogen-bond donors (Lipinski definition) is 1. The van der Waals surface area contributed by atoms with Crippen LogP contribution in [0.4, 0.5) is 15.4 Å². The molecule has 1 aromatic heterocycles. The van der Waals surface area contributed by atoms with Crippen LogP contribution in [-0.4, -0.2) is 38.3 Å². The summed E-state index contributed by atoms with van der Waals surface area (Å²) < 4.78 is 5.75. The van der Waals surface area contributed by atoms with Gasteiger partial charge in [0.05, 0.1) is 11.8 Å². The summed E-state index contributed by atoms with van der Waals surface area (Å²) >= 11 is 0. The van der Waals surface area contributed by atoms with E-state index in [4.69, 9.17) is 19.9 Å². The molecule has 0 spiro atoms. The molecule has 23 heavy (non-hydrogen) atoms. The third-order valence-corrected chi connectivity index (χ3v) is 2.13. The number of nitrogens with zero attached hydrogens (tertiary/aromatic N) is 4. The molecule has 0 aliphatic heterocycles. The fraction of sp³-hybridized carbons (Fsp3) is 0.571. The minimum atomic E-state index is -1.40. The molecular weight excluding hydrogens is 304 g/mol. The summed E-state index contributed by atoms with van der Waals surface area (Å²) in [6, 6.07) is 1.78. The molecule has 1 amide bonds. The molecule has 0 aliphatic carbocycles. The fourth-order valence-corrected chi connectivity index (χ4v) is 1.44. The molecule has 0 saturated carbocycles. The lowest BCUT2D eigenvalue weighted by molar-refractivity contribution is -0.0365. The second-order valence-electron chi connectivity index (χ2n) is 6.68. The lowest BCUT2D eigenvalue weighted by Gasteiger charge is -2.30. The van der Waals surface area contributed by atoms with Gasteiger partial charge in [0.25, 0.3) is 0 Å². The predicted octanol–water partition coefficient (Wildman–Crippen LogP) is 2.75. The van der Waals surface area contributed by atoms with E-state index in [-0.39, 0.29) is 11.4 Å². The van der Waals surface area contributed by atoms with E-state index in [1.165, 1.54) is 0 Å². The summed E-state index contributed by atoms with van der Waals surface area (Å²) in [5, 5.41) is 22.5. The fourth-order valence-electron chi connectivity index (χ4n) is 1.44. The van der Waals surface area contributed by atoms with Crippen LogP contribution >= 0.6 is 0 Å². The van der Waals surface area contributed by atoms with Crippen molar-refractivity contribution in [3.05, 3.63) is 11.8 Å². The van der Waals surface area contributed by atoms with Gasteiger partial charge in [-0.2, -0.15) is 9.94 Å². The largest absolute Gasteiger partial charge is 0.463 e. The Morgan fingerprint density at radius 3 is 2.22 bits per heavy atom. The van der Waals surface area contributed by atoms with E-state index in [1.54, 1.807) is 47.6 Å². The van der Waals surface area contributed by atoms with E-state index in [2.05, 4.69) is 5.10 Å². The zero-order chi connectivity index (χ0) is 18.0. The molecule has 0 fully saturated rings. The van der Waals surface area contributed by atoms with E-state index in [0.29, 0.717) is 9.75 Å². The van der Waals surface area contributed by atoms with Gasteiger partial charge in [-0.15, -0.1) is 10.2 Å². The van der Waals surface area contributed by atoms with Gasteiger partial charge in [0.1, 0.15) is 17.2 Å². The third kappa shape index (κ3) is 5.27. The van der Waals surface area contributed by atoms with E-state index >= 15 is 0 Å². The molecule has 9 nitrogen and oxygen atoms in total. The molecule has 0 unspecified atom stereocenters. The molecule has 0 radical (unpaired) electrons. The topological polar surface area (TPSA) is 118 Å². The monoisotopic (exact) mass is 324 g/mol. The highest BCUT2D eigenvalue weighted by atomic mass is 16.7. The summed E-state index contributed by atoms with van der Waals surface area (Å²) in [4.78, 5) is 28.9. The Labute approximate surface area is 134 Å². The van der Waals surface area contributed by atoms with Crippen molar-refractivity contribution in [2.75, 3.05) is 5.06 Å². The SMILES string of the molecule is CC(C)(C)OC(=O)N(OC(C)(C)C)c1nn(C(=O)O)cc1C#N. The molecule has 0 atom stereocenters. The van der Waals surface area contributed by atoms with Crippen LogP contribution in [-0.2, 0) is 9.57 Å². The van der Waals surface area contributed by atoms with Crippen LogP contribution < -0.4 is 5.06 Å². The predicted molar refractivity (Wildman–Crippen MR) is 79.9 cm³/mol. The van der Waals surface area contributed by atoms with Crippen molar-refractivity contribution in [3.8, 4) is 6.07 Å². The Morgan fingerprint density at radius 1 is 1.26 bits per heavy atom. The standard InChI is InChI=1S/C14H20N4O5/c1-13(2,3)22-12(21)18(23-14(4,5)6)10-9(7-15)8-17(16-10)11(19)20/h8H,1-6H3,(H,19,20). The smallest absolute Gasteiger partial charge is 0.440 e.